The molecule has 0 atom stereocenters. The third-order valence-corrected chi connectivity index (χ3v) is 4.71. The van der Waals surface area contributed by atoms with E-state index in [1.165, 1.54) is 0 Å². The molecule has 1 amide bonds. The molecule has 0 spiro atoms. The lowest BCUT2D eigenvalue weighted by molar-refractivity contribution is -0.121. The molecule has 1 saturated heterocycles. The highest BCUT2D eigenvalue weighted by Gasteiger charge is 2.24. The molecule has 3 heterocycles. The summed E-state index contributed by atoms with van der Waals surface area (Å²) in [6.45, 7) is 1.58. The smallest absolute Gasteiger partial charge is 0.224 e. The number of piperidine rings is 1. The van der Waals surface area contributed by atoms with Crippen LogP contribution in [0, 0.1) is 0 Å². The number of carbonyl (C=O) groups is 1. The second-order valence-corrected chi connectivity index (χ2v) is 6.55. The highest BCUT2D eigenvalue weighted by Crippen LogP contribution is 2.26. The Morgan fingerprint density at radius 1 is 1.23 bits per heavy atom. The van der Waals surface area contributed by atoms with Crippen LogP contribution >= 0.6 is 0 Å². The molecule has 134 valence electrons. The van der Waals surface area contributed by atoms with E-state index in [2.05, 4.69) is 20.4 Å². The summed E-state index contributed by atoms with van der Waals surface area (Å²) in [7, 11) is 0. The lowest BCUT2D eigenvalue weighted by Gasteiger charge is -2.32. The molecule has 4 rings (SSSR count). The number of hydrogen-bond donors (Lipinski definition) is 2. The molecule has 7 nitrogen and oxygen atoms in total. The van der Waals surface area contributed by atoms with E-state index in [9.17, 15) is 9.90 Å². The van der Waals surface area contributed by atoms with Gasteiger partial charge in [-0.25, -0.2) is 0 Å². The number of aromatic nitrogens is 2. The van der Waals surface area contributed by atoms with Crippen molar-refractivity contribution >= 4 is 22.7 Å². The Kier molecular flexibility index (Phi) is 4.43. The van der Waals surface area contributed by atoms with Crippen LogP contribution in [0.2, 0.25) is 0 Å². The van der Waals surface area contributed by atoms with Crippen molar-refractivity contribution in [1.82, 2.24) is 15.5 Å². The standard InChI is InChI=1S/C19H20N4O3/c24-16-3-1-13(2-4-16)11-17(25)21-15-5-8-23(9-6-15)19-18-14(7-10-26-18)12-20-22-19/h1-4,7,10,12,15,24H,5-6,8-9,11H2,(H,21,25). The number of nitrogens with one attached hydrogen (secondary N) is 1. The lowest BCUT2D eigenvalue weighted by Crippen LogP contribution is -2.45. The quantitative estimate of drug-likeness (QED) is 0.748. The maximum atomic E-state index is 12.2. The molecule has 0 radical (unpaired) electrons. The first-order valence-electron chi connectivity index (χ1n) is 8.70. The first-order valence-corrected chi connectivity index (χ1v) is 8.70. The number of fused-ring (bicyclic) bond motifs is 1. The fourth-order valence-electron chi connectivity index (χ4n) is 3.31. The van der Waals surface area contributed by atoms with Crippen molar-refractivity contribution in [3.05, 3.63) is 48.4 Å². The van der Waals surface area contributed by atoms with Gasteiger partial charge in [0.05, 0.1) is 18.9 Å². The fraction of sp³-hybridized carbons (Fsp3) is 0.316. The lowest BCUT2D eigenvalue weighted by atomic mass is 10.0. The number of furan rings is 1. The van der Waals surface area contributed by atoms with Crippen LogP contribution < -0.4 is 10.2 Å². The van der Waals surface area contributed by atoms with Gasteiger partial charge in [-0.1, -0.05) is 12.1 Å². The summed E-state index contributed by atoms with van der Waals surface area (Å²) in [6.07, 6.45) is 5.35. The number of nitrogens with zero attached hydrogens (tertiary/aromatic N) is 3. The number of aromatic hydroxyl groups is 1. The van der Waals surface area contributed by atoms with Gasteiger partial charge in [0.25, 0.3) is 0 Å². The predicted molar refractivity (Wildman–Crippen MR) is 97.0 cm³/mol. The Balaban J connectivity index is 1.33. The molecule has 0 unspecified atom stereocenters. The first-order chi connectivity index (χ1) is 12.7. The molecule has 7 heteroatoms. The number of hydrogen-bond acceptors (Lipinski definition) is 6. The Bertz CT molecular complexity index is 899. The van der Waals surface area contributed by atoms with Crippen LogP contribution in [-0.2, 0) is 11.2 Å². The van der Waals surface area contributed by atoms with E-state index >= 15 is 0 Å². The summed E-state index contributed by atoms with van der Waals surface area (Å²) in [4.78, 5) is 14.4. The van der Waals surface area contributed by atoms with E-state index in [0.29, 0.717) is 6.42 Å². The summed E-state index contributed by atoms with van der Waals surface area (Å²) >= 11 is 0. The van der Waals surface area contributed by atoms with Crippen molar-refractivity contribution in [2.75, 3.05) is 18.0 Å². The van der Waals surface area contributed by atoms with Gasteiger partial charge >= 0.3 is 0 Å². The van der Waals surface area contributed by atoms with Gasteiger partial charge in [0.1, 0.15) is 5.75 Å². The molecular weight excluding hydrogens is 332 g/mol. The van der Waals surface area contributed by atoms with Crippen LogP contribution in [0.5, 0.6) is 5.75 Å². The minimum Gasteiger partial charge on any atom is -0.508 e. The van der Waals surface area contributed by atoms with Crippen LogP contribution in [0.1, 0.15) is 18.4 Å². The largest absolute Gasteiger partial charge is 0.508 e. The van der Waals surface area contributed by atoms with Gasteiger partial charge in [0, 0.05) is 24.5 Å². The van der Waals surface area contributed by atoms with E-state index in [1.807, 2.05) is 6.07 Å². The third kappa shape index (κ3) is 3.46. The summed E-state index contributed by atoms with van der Waals surface area (Å²) in [5.41, 5.74) is 1.65. The van der Waals surface area contributed by atoms with Crippen molar-refractivity contribution in [1.29, 1.82) is 0 Å². The second kappa shape index (κ2) is 7.03. The first kappa shape index (κ1) is 16.4. The number of carbonyl (C=O) groups excluding carboxylic acids is 1. The molecule has 0 saturated carbocycles. The number of amides is 1. The molecule has 3 aromatic rings. The van der Waals surface area contributed by atoms with Gasteiger partial charge in [0.15, 0.2) is 11.4 Å². The molecule has 2 aromatic heterocycles. The summed E-state index contributed by atoms with van der Waals surface area (Å²) in [6, 6.07) is 8.75. The van der Waals surface area contributed by atoms with Crippen LogP contribution in [0.4, 0.5) is 5.82 Å². The zero-order chi connectivity index (χ0) is 17.9. The fourth-order valence-corrected chi connectivity index (χ4v) is 3.31. The number of phenolic OH excluding ortho intramolecular Hbond substituents is 1. The van der Waals surface area contributed by atoms with Gasteiger partial charge in [-0.05, 0) is 36.6 Å². The molecule has 0 aliphatic carbocycles. The topological polar surface area (TPSA) is 91.5 Å². The number of rotatable bonds is 4. The van der Waals surface area contributed by atoms with Crippen molar-refractivity contribution in [2.24, 2.45) is 0 Å². The maximum absolute atomic E-state index is 12.2. The van der Waals surface area contributed by atoms with Crippen LogP contribution in [0.15, 0.2) is 47.2 Å². The normalized spacial score (nSPS) is 15.3. The second-order valence-electron chi connectivity index (χ2n) is 6.55. The Hall–Kier alpha value is -3.09. The van der Waals surface area contributed by atoms with E-state index in [0.717, 1.165) is 48.3 Å². The average molecular weight is 352 g/mol. The molecular formula is C19H20N4O3. The molecule has 1 aliphatic heterocycles. The van der Waals surface area contributed by atoms with Crippen molar-refractivity contribution in [2.45, 2.75) is 25.3 Å². The molecule has 1 fully saturated rings. The predicted octanol–water partition coefficient (Wildman–Crippen LogP) is 2.26. The highest BCUT2D eigenvalue weighted by atomic mass is 16.3. The maximum Gasteiger partial charge on any atom is 0.224 e. The van der Waals surface area contributed by atoms with E-state index < -0.39 is 0 Å². The Morgan fingerprint density at radius 3 is 2.77 bits per heavy atom. The van der Waals surface area contributed by atoms with Crippen LogP contribution in [0.3, 0.4) is 0 Å². The van der Waals surface area contributed by atoms with Gasteiger partial charge in [-0.15, -0.1) is 5.10 Å². The molecule has 26 heavy (non-hydrogen) atoms. The van der Waals surface area contributed by atoms with Gasteiger partial charge in [-0.3, -0.25) is 4.79 Å². The summed E-state index contributed by atoms with van der Waals surface area (Å²) in [5, 5.41) is 21.6. The summed E-state index contributed by atoms with van der Waals surface area (Å²) in [5.74, 6) is 0.972. The minimum absolute atomic E-state index is 0.00191. The number of anilines is 1. The Morgan fingerprint density at radius 2 is 2.00 bits per heavy atom. The average Bonchev–Trinajstić information content (AvgIpc) is 3.13. The number of benzene rings is 1. The van der Waals surface area contributed by atoms with E-state index in [4.69, 9.17) is 4.42 Å². The minimum atomic E-state index is 0.00191. The van der Waals surface area contributed by atoms with Crippen molar-refractivity contribution in [3.8, 4) is 5.75 Å². The Labute approximate surface area is 150 Å². The van der Waals surface area contributed by atoms with Crippen molar-refractivity contribution in [3.63, 3.8) is 0 Å². The zero-order valence-electron chi connectivity index (χ0n) is 14.3. The third-order valence-electron chi connectivity index (χ3n) is 4.71. The zero-order valence-corrected chi connectivity index (χ0v) is 14.3. The molecule has 0 bridgehead atoms. The van der Waals surface area contributed by atoms with Gasteiger partial charge in [-0.2, -0.15) is 5.10 Å². The number of phenols is 1. The van der Waals surface area contributed by atoms with Crippen molar-refractivity contribution < 1.29 is 14.3 Å². The SMILES string of the molecule is O=C(Cc1ccc(O)cc1)NC1CCN(c2nncc3ccoc23)CC1. The molecule has 1 aromatic carbocycles. The van der Waals surface area contributed by atoms with Crippen LogP contribution in [0.25, 0.3) is 11.0 Å². The molecule has 2 N–H and O–H groups in total. The monoisotopic (exact) mass is 352 g/mol. The molecule has 1 aliphatic rings. The van der Waals surface area contributed by atoms with Crippen LogP contribution in [-0.4, -0.2) is 40.3 Å². The van der Waals surface area contributed by atoms with E-state index in [-0.39, 0.29) is 17.7 Å². The van der Waals surface area contributed by atoms with Gasteiger partial charge in [0.2, 0.25) is 5.91 Å². The highest BCUT2D eigenvalue weighted by molar-refractivity contribution is 5.86. The summed E-state index contributed by atoms with van der Waals surface area (Å²) < 4.78 is 5.54. The van der Waals surface area contributed by atoms with E-state index in [1.54, 1.807) is 36.7 Å². The van der Waals surface area contributed by atoms with Gasteiger partial charge < -0.3 is 19.7 Å².